The van der Waals surface area contributed by atoms with Gasteiger partial charge in [-0.05, 0) is 43.4 Å². The third-order valence-electron chi connectivity index (χ3n) is 4.06. The largest absolute Gasteiger partial charge is 0.346 e. The Morgan fingerprint density at radius 2 is 2.13 bits per heavy atom. The van der Waals surface area contributed by atoms with Crippen LogP contribution in [-0.4, -0.2) is 23.9 Å². The third-order valence-corrected chi connectivity index (χ3v) is 4.06. The summed E-state index contributed by atoms with van der Waals surface area (Å²) in [7, 11) is 0. The van der Waals surface area contributed by atoms with Crippen molar-refractivity contribution in [3.05, 3.63) is 29.1 Å². The molecule has 0 fully saturated rings. The number of hydrogen-bond acceptors (Lipinski definition) is 3. The lowest BCUT2D eigenvalue weighted by Gasteiger charge is -2.31. The number of aryl methyl sites for hydroxylation is 1. The topological polar surface area (TPSA) is 84.2 Å². The van der Waals surface area contributed by atoms with Crippen molar-refractivity contribution >= 4 is 17.5 Å². The highest BCUT2D eigenvalue weighted by Crippen LogP contribution is 2.26. The predicted molar refractivity (Wildman–Crippen MR) is 87.7 cm³/mol. The van der Waals surface area contributed by atoms with E-state index >= 15 is 0 Å². The molecule has 0 aromatic heterocycles. The third kappa shape index (κ3) is 4.07. The summed E-state index contributed by atoms with van der Waals surface area (Å²) >= 11 is 0. The molecule has 6 heteroatoms. The second kappa shape index (κ2) is 6.66. The van der Waals surface area contributed by atoms with E-state index in [-0.39, 0.29) is 18.0 Å². The minimum absolute atomic E-state index is 0.0108. The molecule has 0 bridgehead atoms. The summed E-state index contributed by atoms with van der Waals surface area (Å²) in [5.74, 6) is -0.905. The van der Waals surface area contributed by atoms with E-state index < -0.39 is 17.3 Å². The molecule has 1 aliphatic rings. The van der Waals surface area contributed by atoms with Crippen LogP contribution in [0, 0.1) is 11.7 Å². The highest BCUT2D eigenvalue weighted by Gasteiger charge is 2.28. The molecule has 0 radical (unpaired) electrons. The lowest BCUT2D eigenvalue weighted by atomic mass is 9.90. The Hall–Kier alpha value is -1.95. The Balaban J connectivity index is 2.24. The van der Waals surface area contributed by atoms with Gasteiger partial charge in [0.2, 0.25) is 5.91 Å². The molecule has 0 saturated heterocycles. The van der Waals surface area contributed by atoms with Crippen LogP contribution < -0.4 is 16.4 Å². The maximum absolute atomic E-state index is 14.3. The summed E-state index contributed by atoms with van der Waals surface area (Å²) < 4.78 is 14.3. The summed E-state index contributed by atoms with van der Waals surface area (Å²) in [5, 5.41) is 5.48. The highest BCUT2D eigenvalue weighted by atomic mass is 19.1. The summed E-state index contributed by atoms with van der Waals surface area (Å²) in [5.41, 5.74) is 6.41. The SMILES string of the molecule is CC(C)CC(C)(CN)NC(=O)c1cc2c(cc1F)NC(=O)CC2. The molecule has 1 aromatic rings. The van der Waals surface area contributed by atoms with Gasteiger partial charge in [0, 0.05) is 24.2 Å². The number of nitrogens with two attached hydrogens (primary N) is 1. The number of halogens is 1. The maximum Gasteiger partial charge on any atom is 0.254 e. The molecular weight excluding hydrogens is 297 g/mol. The Bertz CT molecular complexity index is 631. The predicted octanol–water partition coefficient (Wildman–Crippen LogP) is 2.20. The van der Waals surface area contributed by atoms with Crippen molar-refractivity contribution in [1.82, 2.24) is 5.32 Å². The minimum atomic E-state index is -0.646. The minimum Gasteiger partial charge on any atom is -0.346 e. The fourth-order valence-electron chi connectivity index (χ4n) is 3.00. The van der Waals surface area contributed by atoms with Gasteiger partial charge >= 0.3 is 0 Å². The van der Waals surface area contributed by atoms with E-state index in [0.29, 0.717) is 30.9 Å². The van der Waals surface area contributed by atoms with Crippen LogP contribution in [0.5, 0.6) is 0 Å². The van der Waals surface area contributed by atoms with Crippen LogP contribution in [0.2, 0.25) is 0 Å². The Kier molecular flexibility index (Phi) is 5.04. The summed E-state index contributed by atoms with van der Waals surface area (Å²) in [6.45, 7) is 6.23. The van der Waals surface area contributed by atoms with E-state index in [1.165, 1.54) is 12.1 Å². The van der Waals surface area contributed by atoms with Crippen molar-refractivity contribution in [2.45, 2.75) is 45.6 Å². The first-order chi connectivity index (χ1) is 10.7. The molecule has 1 aliphatic heterocycles. The van der Waals surface area contributed by atoms with Crippen molar-refractivity contribution in [3.8, 4) is 0 Å². The van der Waals surface area contributed by atoms with Gasteiger partial charge in [-0.25, -0.2) is 4.39 Å². The van der Waals surface area contributed by atoms with Crippen molar-refractivity contribution in [2.75, 3.05) is 11.9 Å². The number of carbonyl (C=O) groups excluding carboxylic acids is 2. The molecule has 0 aliphatic carbocycles. The van der Waals surface area contributed by atoms with E-state index in [1.54, 1.807) is 0 Å². The molecule has 1 aromatic carbocycles. The van der Waals surface area contributed by atoms with Crippen molar-refractivity contribution < 1.29 is 14.0 Å². The zero-order valence-electron chi connectivity index (χ0n) is 13.8. The van der Waals surface area contributed by atoms with Crippen molar-refractivity contribution in [2.24, 2.45) is 11.7 Å². The molecule has 5 nitrogen and oxygen atoms in total. The highest BCUT2D eigenvalue weighted by molar-refractivity contribution is 5.98. The Morgan fingerprint density at radius 3 is 2.74 bits per heavy atom. The molecule has 1 atom stereocenters. The van der Waals surface area contributed by atoms with Crippen LogP contribution in [0.15, 0.2) is 12.1 Å². The molecule has 0 spiro atoms. The number of anilines is 1. The quantitative estimate of drug-likeness (QED) is 0.777. The number of amides is 2. The van der Waals surface area contributed by atoms with Gasteiger partial charge in [0.1, 0.15) is 5.82 Å². The van der Waals surface area contributed by atoms with Gasteiger partial charge in [0.15, 0.2) is 0 Å². The molecular formula is C17H24FN3O2. The molecule has 2 amide bonds. The Morgan fingerprint density at radius 1 is 1.43 bits per heavy atom. The molecule has 126 valence electrons. The average Bonchev–Trinajstić information content (AvgIpc) is 2.45. The second-order valence-electron chi connectivity index (χ2n) is 6.85. The van der Waals surface area contributed by atoms with Gasteiger partial charge in [-0.2, -0.15) is 0 Å². The lowest BCUT2D eigenvalue weighted by Crippen LogP contribution is -2.52. The Labute approximate surface area is 135 Å². The molecule has 1 unspecified atom stereocenters. The standard InChI is InChI=1S/C17H24FN3O2/c1-10(2)8-17(3,9-19)21-16(23)12-6-11-4-5-15(22)20-14(11)7-13(12)18/h6-7,10H,4-5,8-9,19H2,1-3H3,(H,20,22)(H,21,23). The average molecular weight is 321 g/mol. The van der Waals surface area contributed by atoms with Crippen LogP contribution >= 0.6 is 0 Å². The second-order valence-corrected chi connectivity index (χ2v) is 6.85. The van der Waals surface area contributed by atoms with Gasteiger partial charge in [0.25, 0.3) is 5.91 Å². The van der Waals surface area contributed by atoms with Crippen LogP contribution in [0.1, 0.15) is 49.5 Å². The van der Waals surface area contributed by atoms with Crippen LogP contribution in [0.4, 0.5) is 10.1 Å². The van der Waals surface area contributed by atoms with E-state index in [9.17, 15) is 14.0 Å². The van der Waals surface area contributed by atoms with Gasteiger partial charge in [0.05, 0.1) is 5.56 Å². The zero-order chi connectivity index (χ0) is 17.2. The maximum atomic E-state index is 14.3. The van der Waals surface area contributed by atoms with Crippen LogP contribution in [0.25, 0.3) is 0 Å². The lowest BCUT2D eigenvalue weighted by molar-refractivity contribution is -0.116. The van der Waals surface area contributed by atoms with Gasteiger partial charge in [-0.1, -0.05) is 13.8 Å². The smallest absolute Gasteiger partial charge is 0.254 e. The van der Waals surface area contributed by atoms with Crippen molar-refractivity contribution in [3.63, 3.8) is 0 Å². The number of benzene rings is 1. The van der Waals surface area contributed by atoms with Crippen LogP contribution in [-0.2, 0) is 11.2 Å². The summed E-state index contributed by atoms with van der Waals surface area (Å²) in [6.07, 6.45) is 1.55. The number of carbonyl (C=O) groups is 2. The molecule has 23 heavy (non-hydrogen) atoms. The molecule has 1 heterocycles. The van der Waals surface area contributed by atoms with Crippen molar-refractivity contribution in [1.29, 1.82) is 0 Å². The zero-order valence-corrected chi connectivity index (χ0v) is 13.8. The molecule has 2 rings (SSSR count). The summed E-state index contributed by atoms with van der Waals surface area (Å²) in [4.78, 5) is 23.8. The molecule has 0 saturated carbocycles. The number of fused-ring (bicyclic) bond motifs is 1. The van der Waals surface area contributed by atoms with E-state index in [0.717, 1.165) is 5.56 Å². The summed E-state index contributed by atoms with van der Waals surface area (Å²) in [6, 6.07) is 2.73. The van der Waals surface area contributed by atoms with Crippen LogP contribution in [0.3, 0.4) is 0 Å². The van der Waals surface area contributed by atoms with E-state index in [4.69, 9.17) is 5.73 Å². The first-order valence-electron chi connectivity index (χ1n) is 7.89. The van der Waals surface area contributed by atoms with Gasteiger partial charge in [-0.3, -0.25) is 9.59 Å². The molecule has 4 N–H and O–H groups in total. The van der Waals surface area contributed by atoms with E-state index in [2.05, 4.69) is 10.6 Å². The first kappa shape index (κ1) is 17.4. The monoisotopic (exact) mass is 321 g/mol. The van der Waals surface area contributed by atoms with Gasteiger partial charge in [-0.15, -0.1) is 0 Å². The number of hydrogen-bond donors (Lipinski definition) is 3. The first-order valence-corrected chi connectivity index (χ1v) is 7.89. The number of nitrogens with one attached hydrogen (secondary N) is 2. The fourth-order valence-corrected chi connectivity index (χ4v) is 3.00. The van der Waals surface area contributed by atoms with Gasteiger partial charge < -0.3 is 16.4 Å². The number of rotatable bonds is 5. The fraction of sp³-hybridized carbons (Fsp3) is 0.529. The van der Waals surface area contributed by atoms with E-state index in [1.807, 2.05) is 20.8 Å². The normalized spacial score (nSPS) is 16.5.